The van der Waals surface area contributed by atoms with Gasteiger partial charge in [0.2, 0.25) is 0 Å². The first-order valence-corrected chi connectivity index (χ1v) is 4.96. The smallest absolute Gasteiger partial charge is 0.130 e. The summed E-state index contributed by atoms with van der Waals surface area (Å²) in [6, 6.07) is 4.17. The molecule has 0 saturated heterocycles. The molecule has 0 aliphatic carbocycles. The molecule has 2 N–H and O–H groups in total. The van der Waals surface area contributed by atoms with Crippen LogP contribution in [0, 0.1) is 5.92 Å². The molecule has 0 saturated carbocycles. The minimum atomic E-state index is 0.462. The second-order valence-electron chi connectivity index (χ2n) is 4.04. The maximum atomic E-state index is 5.71. The van der Waals surface area contributed by atoms with E-state index in [-0.39, 0.29) is 0 Å². The minimum Gasteiger partial charge on any atom is -0.399 e. The number of nitrogens with zero attached hydrogens (tertiary/aromatic N) is 2. The van der Waals surface area contributed by atoms with Crippen LogP contribution in [-0.2, 0) is 0 Å². The zero-order chi connectivity index (χ0) is 10.7. The maximum Gasteiger partial charge on any atom is 0.130 e. The Labute approximate surface area is 85.9 Å². The molecule has 0 amide bonds. The van der Waals surface area contributed by atoms with E-state index in [2.05, 4.69) is 30.7 Å². The van der Waals surface area contributed by atoms with Crippen molar-refractivity contribution in [3.8, 4) is 0 Å². The lowest BCUT2D eigenvalue weighted by atomic mass is 10.1. The van der Waals surface area contributed by atoms with Crippen molar-refractivity contribution in [1.29, 1.82) is 0 Å². The zero-order valence-corrected chi connectivity index (χ0v) is 9.36. The Bertz CT molecular complexity index is 296. The van der Waals surface area contributed by atoms with Crippen molar-refractivity contribution < 1.29 is 0 Å². The van der Waals surface area contributed by atoms with Crippen LogP contribution >= 0.6 is 0 Å². The lowest BCUT2D eigenvalue weighted by Gasteiger charge is -2.29. The van der Waals surface area contributed by atoms with Crippen molar-refractivity contribution >= 4 is 11.5 Å². The molecule has 1 unspecified atom stereocenters. The molecule has 0 fully saturated rings. The summed E-state index contributed by atoms with van der Waals surface area (Å²) in [5, 5.41) is 0. The molecule has 1 aromatic heterocycles. The highest BCUT2D eigenvalue weighted by Crippen LogP contribution is 2.18. The van der Waals surface area contributed by atoms with Crippen LogP contribution in [0.1, 0.15) is 20.8 Å². The minimum absolute atomic E-state index is 0.462. The molecule has 0 radical (unpaired) electrons. The quantitative estimate of drug-likeness (QED) is 0.799. The van der Waals surface area contributed by atoms with Gasteiger partial charge in [-0.3, -0.25) is 0 Å². The highest BCUT2D eigenvalue weighted by Gasteiger charge is 2.14. The summed E-state index contributed by atoms with van der Waals surface area (Å²) in [4.78, 5) is 6.44. The molecule has 0 spiro atoms. The van der Waals surface area contributed by atoms with Gasteiger partial charge in [0, 0.05) is 31.0 Å². The van der Waals surface area contributed by atoms with E-state index >= 15 is 0 Å². The predicted molar refractivity (Wildman–Crippen MR) is 61.4 cm³/mol. The van der Waals surface area contributed by atoms with Crippen LogP contribution in [0.4, 0.5) is 11.5 Å². The molecule has 0 aromatic carbocycles. The molecule has 1 atom stereocenters. The second kappa shape index (κ2) is 4.31. The molecular formula is C11H19N3. The fourth-order valence-corrected chi connectivity index (χ4v) is 1.28. The van der Waals surface area contributed by atoms with Gasteiger partial charge in [-0.2, -0.15) is 0 Å². The number of hydrogen-bond acceptors (Lipinski definition) is 3. The van der Waals surface area contributed by atoms with Gasteiger partial charge in [0.1, 0.15) is 5.82 Å². The van der Waals surface area contributed by atoms with Crippen molar-refractivity contribution in [2.24, 2.45) is 5.92 Å². The van der Waals surface area contributed by atoms with Crippen LogP contribution in [0.2, 0.25) is 0 Å². The van der Waals surface area contributed by atoms with Crippen molar-refractivity contribution in [2.45, 2.75) is 26.8 Å². The second-order valence-corrected chi connectivity index (χ2v) is 4.04. The Balaban J connectivity index is 2.83. The number of nitrogen functional groups attached to an aromatic ring is 1. The third-order valence-corrected chi connectivity index (χ3v) is 2.71. The number of pyridine rings is 1. The van der Waals surface area contributed by atoms with Gasteiger partial charge in [-0.1, -0.05) is 13.8 Å². The normalized spacial score (nSPS) is 12.9. The zero-order valence-electron chi connectivity index (χ0n) is 9.36. The number of anilines is 2. The first-order chi connectivity index (χ1) is 6.52. The Morgan fingerprint density at radius 2 is 2.00 bits per heavy atom. The Hall–Kier alpha value is -1.25. The van der Waals surface area contributed by atoms with E-state index in [1.165, 1.54) is 0 Å². The van der Waals surface area contributed by atoms with E-state index in [1.807, 2.05) is 13.1 Å². The van der Waals surface area contributed by atoms with Crippen molar-refractivity contribution in [3.63, 3.8) is 0 Å². The van der Waals surface area contributed by atoms with Crippen LogP contribution in [0.15, 0.2) is 18.3 Å². The van der Waals surface area contributed by atoms with E-state index in [0.29, 0.717) is 12.0 Å². The van der Waals surface area contributed by atoms with E-state index in [9.17, 15) is 0 Å². The van der Waals surface area contributed by atoms with E-state index in [1.54, 1.807) is 12.3 Å². The first-order valence-electron chi connectivity index (χ1n) is 4.96. The molecule has 0 aliphatic rings. The fourth-order valence-electron chi connectivity index (χ4n) is 1.28. The molecule has 0 aliphatic heterocycles. The van der Waals surface area contributed by atoms with Gasteiger partial charge in [-0.05, 0) is 18.9 Å². The average molecular weight is 193 g/mol. The highest BCUT2D eigenvalue weighted by atomic mass is 15.2. The van der Waals surface area contributed by atoms with Crippen LogP contribution in [0.25, 0.3) is 0 Å². The van der Waals surface area contributed by atoms with E-state index < -0.39 is 0 Å². The molecule has 14 heavy (non-hydrogen) atoms. The van der Waals surface area contributed by atoms with Crippen molar-refractivity contribution in [2.75, 3.05) is 17.7 Å². The average Bonchev–Trinajstić information content (AvgIpc) is 2.15. The monoisotopic (exact) mass is 193 g/mol. The van der Waals surface area contributed by atoms with E-state index in [0.717, 1.165) is 11.5 Å². The molecule has 3 nitrogen and oxygen atoms in total. The Morgan fingerprint density at radius 1 is 1.36 bits per heavy atom. The topological polar surface area (TPSA) is 42.1 Å². The Kier molecular flexibility index (Phi) is 3.33. The summed E-state index contributed by atoms with van der Waals surface area (Å²) in [5.74, 6) is 1.54. The third-order valence-electron chi connectivity index (χ3n) is 2.71. The van der Waals surface area contributed by atoms with Gasteiger partial charge < -0.3 is 10.6 Å². The van der Waals surface area contributed by atoms with Crippen LogP contribution in [0.5, 0.6) is 0 Å². The molecule has 1 aromatic rings. The van der Waals surface area contributed by atoms with Gasteiger partial charge in [0.25, 0.3) is 0 Å². The van der Waals surface area contributed by atoms with Gasteiger partial charge in [0.15, 0.2) is 0 Å². The number of rotatable bonds is 3. The lowest BCUT2D eigenvalue weighted by molar-refractivity contribution is 0.503. The molecule has 78 valence electrons. The van der Waals surface area contributed by atoms with Crippen LogP contribution < -0.4 is 10.6 Å². The first kappa shape index (κ1) is 10.8. The number of aromatic nitrogens is 1. The summed E-state index contributed by atoms with van der Waals surface area (Å²) in [5.41, 5.74) is 6.47. The summed E-state index contributed by atoms with van der Waals surface area (Å²) in [6.45, 7) is 6.59. The van der Waals surface area contributed by atoms with Gasteiger partial charge >= 0.3 is 0 Å². The van der Waals surface area contributed by atoms with Gasteiger partial charge in [0.05, 0.1) is 0 Å². The number of hydrogen-bond donors (Lipinski definition) is 1. The molecule has 0 bridgehead atoms. The standard InChI is InChI=1S/C11H19N3/c1-8(2)9(3)14(4)11-7-10(12)5-6-13-11/h5-9H,1-4H3,(H2,12,13). The molecular weight excluding hydrogens is 174 g/mol. The van der Waals surface area contributed by atoms with Gasteiger partial charge in [-0.25, -0.2) is 4.98 Å². The Morgan fingerprint density at radius 3 is 2.50 bits per heavy atom. The largest absolute Gasteiger partial charge is 0.399 e. The molecule has 1 heterocycles. The highest BCUT2D eigenvalue weighted by molar-refractivity contribution is 5.50. The molecule has 1 rings (SSSR count). The summed E-state index contributed by atoms with van der Waals surface area (Å²) in [6.07, 6.45) is 1.74. The lowest BCUT2D eigenvalue weighted by Crippen LogP contribution is -2.33. The summed E-state index contributed by atoms with van der Waals surface area (Å²) < 4.78 is 0. The van der Waals surface area contributed by atoms with Crippen molar-refractivity contribution in [1.82, 2.24) is 4.98 Å². The SMILES string of the molecule is CC(C)C(C)N(C)c1cc(N)ccn1. The van der Waals surface area contributed by atoms with E-state index in [4.69, 9.17) is 5.73 Å². The fraction of sp³-hybridized carbons (Fsp3) is 0.545. The van der Waals surface area contributed by atoms with Crippen molar-refractivity contribution in [3.05, 3.63) is 18.3 Å². The van der Waals surface area contributed by atoms with Gasteiger partial charge in [-0.15, -0.1) is 0 Å². The number of nitrogens with two attached hydrogens (primary N) is 1. The van der Waals surface area contributed by atoms with Crippen LogP contribution in [0.3, 0.4) is 0 Å². The maximum absolute atomic E-state index is 5.71. The molecule has 3 heteroatoms. The third kappa shape index (κ3) is 2.37. The predicted octanol–water partition coefficient (Wildman–Crippen LogP) is 2.14. The van der Waals surface area contributed by atoms with Crippen LogP contribution in [-0.4, -0.2) is 18.1 Å². The summed E-state index contributed by atoms with van der Waals surface area (Å²) >= 11 is 0. The summed E-state index contributed by atoms with van der Waals surface area (Å²) in [7, 11) is 2.05.